The number of hydrogen-bond donors (Lipinski definition) is 3. The number of aryl methyl sites for hydroxylation is 3. The number of likely N-dealkylation sites (N-methyl/N-ethyl adjacent to an activating group) is 2. The summed E-state index contributed by atoms with van der Waals surface area (Å²) in [7, 11) is 3.89. The standard InChI is InChI=1S/C30H32N8O/c1-5-27(39)34-25-15-24(19(2)14-26(25)37(4)13-11-32-3)35-30-33-17-21(16-31)28(36-30)23-18-38-12-7-9-20-8-6-10-22(23)29(20)38/h5-6,8,10,14-15,17-18,32H,1,7,9,11-13H2,2-4H3,(H,34,39)(H,33,35,36). The number of rotatable bonds is 9. The number of nitrogens with one attached hydrogen (secondary N) is 3. The molecule has 0 aliphatic carbocycles. The third kappa shape index (κ3) is 5.07. The summed E-state index contributed by atoms with van der Waals surface area (Å²) in [6.07, 6.45) is 7.05. The number of nitriles is 1. The summed E-state index contributed by atoms with van der Waals surface area (Å²) in [6, 6.07) is 12.5. The molecule has 0 unspecified atom stereocenters. The van der Waals surface area contributed by atoms with Crippen LogP contribution in [-0.4, -0.2) is 47.6 Å². The predicted molar refractivity (Wildman–Crippen MR) is 156 cm³/mol. The van der Waals surface area contributed by atoms with Gasteiger partial charge in [0.05, 0.1) is 34.3 Å². The van der Waals surface area contributed by atoms with Gasteiger partial charge in [-0.05, 0) is 56.1 Å². The van der Waals surface area contributed by atoms with Crippen LogP contribution in [0, 0.1) is 18.3 Å². The fourth-order valence-electron chi connectivity index (χ4n) is 5.12. The number of nitrogens with zero attached hydrogens (tertiary/aromatic N) is 5. The first kappa shape index (κ1) is 25.9. The Morgan fingerprint density at radius 1 is 1.31 bits per heavy atom. The van der Waals surface area contributed by atoms with Crippen molar-refractivity contribution < 1.29 is 4.79 Å². The summed E-state index contributed by atoms with van der Waals surface area (Å²) in [6.45, 7) is 8.08. The van der Waals surface area contributed by atoms with Gasteiger partial charge in [0.2, 0.25) is 11.9 Å². The highest BCUT2D eigenvalue weighted by molar-refractivity contribution is 6.02. The molecule has 2 aromatic heterocycles. The summed E-state index contributed by atoms with van der Waals surface area (Å²) in [5.74, 6) is 0.0782. The van der Waals surface area contributed by atoms with Gasteiger partial charge in [0.15, 0.2) is 0 Å². The first-order chi connectivity index (χ1) is 18.9. The predicted octanol–water partition coefficient (Wildman–Crippen LogP) is 4.75. The van der Waals surface area contributed by atoms with E-state index < -0.39 is 0 Å². The molecule has 9 heteroatoms. The Hall–Kier alpha value is -4.68. The van der Waals surface area contributed by atoms with E-state index >= 15 is 0 Å². The first-order valence-corrected chi connectivity index (χ1v) is 13.0. The van der Waals surface area contributed by atoms with E-state index in [1.165, 1.54) is 17.2 Å². The SMILES string of the molecule is C=CC(=O)Nc1cc(Nc2ncc(C#N)c(-c3cn4c5c(cccc35)CCC4)n2)c(C)cc1N(C)CCNC. The number of amides is 1. The van der Waals surface area contributed by atoms with Crippen LogP contribution in [0.5, 0.6) is 0 Å². The van der Waals surface area contributed by atoms with E-state index in [2.05, 4.69) is 67.4 Å². The van der Waals surface area contributed by atoms with Crippen molar-refractivity contribution in [3.63, 3.8) is 0 Å². The van der Waals surface area contributed by atoms with E-state index in [1.54, 1.807) is 6.20 Å². The van der Waals surface area contributed by atoms with Crippen LogP contribution in [0.1, 0.15) is 23.1 Å². The number of carbonyl (C=O) groups is 1. The highest BCUT2D eigenvalue weighted by Crippen LogP contribution is 2.37. The lowest BCUT2D eigenvalue weighted by molar-refractivity contribution is -0.111. The van der Waals surface area contributed by atoms with Gasteiger partial charge in [-0.15, -0.1) is 0 Å². The second-order valence-electron chi connectivity index (χ2n) is 9.75. The number of benzene rings is 2. The number of para-hydroxylation sites is 1. The highest BCUT2D eigenvalue weighted by atomic mass is 16.1. The van der Waals surface area contributed by atoms with Gasteiger partial charge in [-0.2, -0.15) is 5.26 Å². The van der Waals surface area contributed by atoms with Gasteiger partial charge in [0, 0.05) is 49.5 Å². The molecule has 5 rings (SSSR count). The van der Waals surface area contributed by atoms with Gasteiger partial charge in [-0.1, -0.05) is 24.8 Å². The maximum Gasteiger partial charge on any atom is 0.247 e. The summed E-state index contributed by atoms with van der Waals surface area (Å²) in [4.78, 5) is 23.6. The van der Waals surface area contributed by atoms with Gasteiger partial charge in [-0.3, -0.25) is 4.79 Å². The molecule has 0 saturated carbocycles. The van der Waals surface area contributed by atoms with E-state index in [0.29, 0.717) is 22.9 Å². The Labute approximate surface area is 228 Å². The molecule has 1 aliphatic rings. The minimum Gasteiger partial charge on any atom is -0.372 e. The Morgan fingerprint density at radius 3 is 2.92 bits per heavy atom. The summed E-state index contributed by atoms with van der Waals surface area (Å²) < 4.78 is 2.27. The molecule has 2 aromatic carbocycles. The van der Waals surface area contributed by atoms with E-state index in [4.69, 9.17) is 4.98 Å². The topological polar surface area (TPSA) is 111 Å². The Morgan fingerprint density at radius 2 is 2.15 bits per heavy atom. The molecule has 0 spiro atoms. The molecule has 0 saturated heterocycles. The highest BCUT2D eigenvalue weighted by Gasteiger charge is 2.21. The molecule has 4 aromatic rings. The van der Waals surface area contributed by atoms with Crippen molar-refractivity contribution in [3.8, 4) is 17.3 Å². The first-order valence-electron chi connectivity index (χ1n) is 13.0. The maximum absolute atomic E-state index is 12.2. The molecular formula is C30H32N8O. The van der Waals surface area contributed by atoms with Gasteiger partial charge in [0.1, 0.15) is 6.07 Å². The van der Waals surface area contributed by atoms with Crippen molar-refractivity contribution in [3.05, 3.63) is 72.1 Å². The zero-order chi connectivity index (χ0) is 27.5. The zero-order valence-electron chi connectivity index (χ0n) is 22.5. The summed E-state index contributed by atoms with van der Waals surface area (Å²) in [5.41, 5.74) is 7.72. The summed E-state index contributed by atoms with van der Waals surface area (Å²) >= 11 is 0. The third-order valence-electron chi connectivity index (χ3n) is 7.13. The van der Waals surface area contributed by atoms with Crippen molar-refractivity contribution in [2.75, 3.05) is 42.7 Å². The van der Waals surface area contributed by atoms with Crippen LogP contribution in [0.4, 0.5) is 23.0 Å². The largest absolute Gasteiger partial charge is 0.372 e. The smallest absolute Gasteiger partial charge is 0.247 e. The maximum atomic E-state index is 12.2. The molecule has 3 heterocycles. The molecule has 39 heavy (non-hydrogen) atoms. The van der Waals surface area contributed by atoms with E-state index in [-0.39, 0.29) is 5.91 Å². The van der Waals surface area contributed by atoms with Crippen LogP contribution >= 0.6 is 0 Å². The minimum absolute atomic E-state index is 0.293. The van der Waals surface area contributed by atoms with Crippen LogP contribution in [0.15, 0.2) is 55.4 Å². The number of hydrogen-bond acceptors (Lipinski definition) is 7. The number of aromatic nitrogens is 3. The van der Waals surface area contributed by atoms with E-state index in [0.717, 1.165) is 60.4 Å². The molecule has 198 valence electrons. The third-order valence-corrected chi connectivity index (χ3v) is 7.13. The second-order valence-corrected chi connectivity index (χ2v) is 9.75. The average Bonchev–Trinajstić information content (AvgIpc) is 3.33. The van der Waals surface area contributed by atoms with Crippen molar-refractivity contribution in [2.45, 2.75) is 26.3 Å². The van der Waals surface area contributed by atoms with Crippen LogP contribution < -0.4 is 20.9 Å². The van der Waals surface area contributed by atoms with E-state index in [9.17, 15) is 10.1 Å². The zero-order valence-corrected chi connectivity index (χ0v) is 22.5. The Bertz CT molecular complexity index is 1610. The Kier molecular flexibility index (Phi) is 7.30. The molecule has 0 atom stereocenters. The molecule has 9 nitrogen and oxygen atoms in total. The molecule has 0 fully saturated rings. The normalized spacial score (nSPS) is 12.2. The molecule has 0 bridgehead atoms. The van der Waals surface area contributed by atoms with Gasteiger partial charge in [-0.25, -0.2) is 9.97 Å². The van der Waals surface area contributed by atoms with Gasteiger partial charge >= 0.3 is 0 Å². The molecule has 3 N–H and O–H groups in total. The lowest BCUT2D eigenvalue weighted by Gasteiger charge is -2.24. The number of anilines is 4. The monoisotopic (exact) mass is 520 g/mol. The number of carbonyl (C=O) groups excluding carboxylic acids is 1. The van der Waals surface area contributed by atoms with Crippen molar-refractivity contribution in [2.24, 2.45) is 0 Å². The fourth-order valence-corrected chi connectivity index (χ4v) is 5.12. The molecule has 1 aliphatic heterocycles. The van der Waals surface area contributed by atoms with Crippen LogP contribution in [-0.2, 0) is 17.8 Å². The average molecular weight is 521 g/mol. The van der Waals surface area contributed by atoms with Gasteiger partial charge in [0.25, 0.3) is 0 Å². The lowest BCUT2D eigenvalue weighted by Crippen LogP contribution is -2.28. The van der Waals surface area contributed by atoms with Crippen molar-refractivity contribution >= 4 is 39.8 Å². The van der Waals surface area contributed by atoms with Gasteiger partial charge < -0.3 is 25.4 Å². The Balaban J connectivity index is 1.55. The van der Waals surface area contributed by atoms with Crippen LogP contribution in [0.25, 0.3) is 22.2 Å². The summed E-state index contributed by atoms with van der Waals surface area (Å²) in [5, 5.41) is 20.4. The fraction of sp³-hybridized carbons (Fsp3) is 0.267. The second kappa shape index (κ2) is 11.0. The molecular weight excluding hydrogens is 488 g/mol. The van der Waals surface area contributed by atoms with E-state index in [1.807, 2.05) is 33.2 Å². The quantitative estimate of drug-likeness (QED) is 0.273. The van der Waals surface area contributed by atoms with Crippen molar-refractivity contribution in [1.82, 2.24) is 19.9 Å². The van der Waals surface area contributed by atoms with Crippen LogP contribution in [0.3, 0.4) is 0 Å². The molecule has 0 radical (unpaired) electrons. The van der Waals surface area contributed by atoms with Crippen molar-refractivity contribution in [1.29, 1.82) is 5.26 Å². The van der Waals surface area contributed by atoms with Crippen LogP contribution in [0.2, 0.25) is 0 Å². The lowest BCUT2D eigenvalue weighted by atomic mass is 10.0. The minimum atomic E-state index is -0.293. The molecule has 1 amide bonds.